The highest BCUT2D eigenvalue weighted by Gasteiger charge is 2.14. The van der Waals surface area contributed by atoms with Gasteiger partial charge in [-0.05, 0) is 70.7 Å². The van der Waals surface area contributed by atoms with Crippen LogP contribution in [0.1, 0.15) is 77.0 Å². The van der Waals surface area contributed by atoms with E-state index in [1.165, 1.54) is 7.11 Å². The smallest absolute Gasteiger partial charge is 0.307 e. The van der Waals surface area contributed by atoms with E-state index < -0.39 is 0 Å². The molecule has 0 aromatic heterocycles. The number of ether oxygens (including phenoxy) is 5. The third-order valence-electron chi connectivity index (χ3n) is 6.96. The van der Waals surface area contributed by atoms with Gasteiger partial charge in [0.05, 0.1) is 45.5 Å². The minimum absolute atomic E-state index is 0.0995. The lowest BCUT2D eigenvalue weighted by Crippen LogP contribution is -2.31. The van der Waals surface area contributed by atoms with Gasteiger partial charge in [-0.3, -0.25) is 19.2 Å². The zero-order chi connectivity index (χ0) is 34.1. The maximum atomic E-state index is 12.2. The Labute approximate surface area is 279 Å². The van der Waals surface area contributed by atoms with Crippen LogP contribution in [0.25, 0.3) is 0 Å². The summed E-state index contributed by atoms with van der Waals surface area (Å²) in [7, 11) is 1.54. The lowest BCUT2D eigenvalue weighted by molar-refractivity contribution is -0.146. The van der Waals surface area contributed by atoms with Crippen LogP contribution in [0.4, 0.5) is 0 Å². The van der Waals surface area contributed by atoms with Crippen molar-refractivity contribution < 1.29 is 53.1 Å². The minimum Gasteiger partial charge on any atom is -0.466 e. The van der Waals surface area contributed by atoms with Crippen molar-refractivity contribution in [1.29, 1.82) is 0 Å². The van der Waals surface area contributed by atoms with Crippen molar-refractivity contribution >= 4 is 35.6 Å². The Hall–Kier alpha value is -1.97. The molecule has 0 rings (SSSR count). The number of aliphatic hydroxyl groups excluding tert-OH is 2. The van der Waals surface area contributed by atoms with Gasteiger partial charge in [0.2, 0.25) is 0 Å². The first-order valence-corrected chi connectivity index (χ1v) is 18.0. The number of methoxy groups -OCH3 is 1. The molecule has 0 aliphatic rings. The van der Waals surface area contributed by atoms with Crippen molar-refractivity contribution in [2.45, 2.75) is 77.0 Å². The van der Waals surface area contributed by atoms with Gasteiger partial charge >= 0.3 is 23.9 Å². The van der Waals surface area contributed by atoms with Crippen molar-refractivity contribution in [1.82, 2.24) is 9.80 Å². The molecule has 0 spiro atoms. The van der Waals surface area contributed by atoms with E-state index in [4.69, 9.17) is 33.9 Å². The fourth-order valence-corrected chi connectivity index (χ4v) is 4.51. The highest BCUT2D eigenvalue weighted by molar-refractivity contribution is 7.98. The van der Waals surface area contributed by atoms with Crippen LogP contribution in [0.15, 0.2) is 0 Å². The van der Waals surface area contributed by atoms with Crippen molar-refractivity contribution in [3.63, 3.8) is 0 Å². The van der Waals surface area contributed by atoms with E-state index in [0.29, 0.717) is 78.5 Å². The Balaban J connectivity index is 4.09. The number of nitrogens with zero attached hydrogens (tertiary/aromatic N) is 2. The van der Waals surface area contributed by atoms with Crippen LogP contribution < -0.4 is 0 Å². The van der Waals surface area contributed by atoms with Crippen LogP contribution >= 0.6 is 11.8 Å². The molecule has 14 heteroatoms. The first-order valence-electron chi connectivity index (χ1n) is 16.6. The Morgan fingerprint density at radius 1 is 0.500 bits per heavy atom. The number of hydrogen-bond acceptors (Lipinski definition) is 14. The second kappa shape index (κ2) is 33.0. The van der Waals surface area contributed by atoms with E-state index in [-0.39, 0.29) is 69.4 Å². The Morgan fingerprint density at radius 2 is 0.891 bits per heavy atom. The molecule has 0 atom stereocenters. The maximum Gasteiger partial charge on any atom is 0.307 e. The summed E-state index contributed by atoms with van der Waals surface area (Å²) >= 11 is 1.62. The van der Waals surface area contributed by atoms with Gasteiger partial charge in [-0.15, -0.1) is 0 Å². The van der Waals surface area contributed by atoms with E-state index in [9.17, 15) is 19.2 Å². The number of rotatable bonds is 33. The normalized spacial score (nSPS) is 11.2. The molecule has 0 bridgehead atoms. The van der Waals surface area contributed by atoms with E-state index in [0.717, 1.165) is 44.3 Å². The molecule has 0 amide bonds. The summed E-state index contributed by atoms with van der Waals surface area (Å²) in [5, 5.41) is 18.1. The van der Waals surface area contributed by atoms with E-state index >= 15 is 0 Å². The highest BCUT2D eigenvalue weighted by atomic mass is 32.2. The molecule has 270 valence electrons. The van der Waals surface area contributed by atoms with E-state index in [1.54, 1.807) is 11.8 Å². The molecule has 0 saturated heterocycles. The Morgan fingerprint density at radius 3 is 1.26 bits per heavy atom. The Bertz CT molecular complexity index is 714. The predicted octanol–water partition coefficient (Wildman–Crippen LogP) is 2.44. The molecule has 2 N–H and O–H groups in total. The summed E-state index contributed by atoms with van der Waals surface area (Å²) in [6.45, 7) is 5.08. The summed E-state index contributed by atoms with van der Waals surface area (Å²) in [5.74, 6) is -0.372. The van der Waals surface area contributed by atoms with Gasteiger partial charge in [0.25, 0.3) is 0 Å². The van der Waals surface area contributed by atoms with Gasteiger partial charge in [-0.2, -0.15) is 11.8 Å². The van der Waals surface area contributed by atoms with Crippen molar-refractivity contribution in [3.05, 3.63) is 0 Å². The number of unbranched alkanes of at least 4 members (excludes halogenated alkanes) is 5. The standard InChI is InChI=1S/C32H60N2O11S/c1-41-25-26-44-31(39)13-19-33(15-5-7-21-35)17-11-29(37)42-23-9-3-4-10-24-43-30(38)12-18-34(16-6-8-22-36)20-14-32(40)45-27-28-46-2/h35-36H,3-28H2,1-2H3. The fourth-order valence-electron chi connectivity index (χ4n) is 4.26. The second-order valence-electron chi connectivity index (χ2n) is 10.8. The lowest BCUT2D eigenvalue weighted by atomic mass is 10.2. The summed E-state index contributed by atoms with van der Waals surface area (Å²) in [4.78, 5) is 52.3. The SMILES string of the molecule is COCCOC(=O)CCN(CCCCO)CCC(=O)OCCCCCCOC(=O)CCN(CCCCO)CCC(=O)OCCSC. The largest absolute Gasteiger partial charge is 0.466 e. The third-order valence-corrected chi connectivity index (χ3v) is 7.53. The van der Waals surface area contributed by atoms with Crippen LogP contribution in [0, 0.1) is 0 Å². The Kier molecular flexibility index (Phi) is 31.5. The molecule has 0 aromatic carbocycles. The molecule has 13 nitrogen and oxygen atoms in total. The minimum atomic E-state index is -0.313. The van der Waals surface area contributed by atoms with Gasteiger partial charge in [0.1, 0.15) is 13.2 Å². The third kappa shape index (κ3) is 29.4. The summed E-state index contributed by atoms with van der Waals surface area (Å²) < 4.78 is 25.9. The lowest BCUT2D eigenvalue weighted by Gasteiger charge is -2.21. The number of thioether (sulfide) groups is 1. The van der Waals surface area contributed by atoms with Gasteiger partial charge < -0.3 is 43.7 Å². The zero-order valence-electron chi connectivity index (χ0n) is 28.3. The molecule has 0 aromatic rings. The highest BCUT2D eigenvalue weighted by Crippen LogP contribution is 2.06. The quantitative estimate of drug-likeness (QED) is 0.0591. The number of carbonyl (C=O) groups is 4. The molecule has 0 fully saturated rings. The maximum absolute atomic E-state index is 12.2. The number of esters is 4. The molecule has 0 heterocycles. The first-order chi connectivity index (χ1) is 22.4. The van der Waals surface area contributed by atoms with Crippen molar-refractivity contribution in [2.24, 2.45) is 0 Å². The number of carbonyl (C=O) groups excluding carboxylic acids is 4. The molecular weight excluding hydrogens is 620 g/mol. The van der Waals surface area contributed by atoms with Gasteiger partial charge in [-0.1, -0.05) is 0 Å². The molecule has 46 heavy (non-hydrogen) atoms. The zero-order valence-corrected chi connectivity index (χ0v) is 29.1. The number of aliphatic hydroxyl groups is 2. The van der Waals surface area contributed by atoms with Crippen LogP contribution in [0.5, 0.6) is 0 Å². The fraction of sp³-hybridized carbons (Fsp3) is 0.875. The summed E-state index contributed by atoms with van der Waals surface area (Å²) in [6.07, 6.45) is 8.86. The molecule has 0 saturated carbocycles. The van der Waals surface area contributed by atoms with Crippen LogP contribution in [0.3, 0.4) is 0 Å². The summed E-state index contributed by atoms with van der Waals surface area (Å²) in [6, 6.07) is 0. The van der Waals surface area contributed by atoms with Crippen molar-refractivity contribution in [3.8, 4) is 0 Å². The second-order valence-corrected chi connectivity index (χ2v) is 11.8. The van der Waals surface area contributed by atoms with Gasteiger partial charge in [0, 0.05) is 52.3 Å². The summed E-state index contributed by atoms with van der Waals surface area (Å²) in [5.41, 5.74) is 0. The monoisotopic (exact) mass is 680 g/mol. The molecular formula is C32H60N2O11S. The average Bonchev–Trinajstić information content (AvgIpc) is 3.04. The van der Waals surface area contributed by atoms with Crippen molar-refractivity contribution in [2.75, 3.05) is 105 Å². The number of hydrogen-bond donors (Lipinski definition) is 2. The molecule has 0 unspecified atom stereocenters. The van der Waals surface area contributed by atoms with Gasteiger partial charge in [0.15, 0.2) is 0 Å². The van der Waals surface area contributed by atoms with E-state index in [1.807, 2.05) is 16.1 Å². The topological polar surface area (TPSA) is 161 Å². The average molecular weight is 681 g/mol. The molecule has 0 aliphatic carbocycles. The molecule has 0 aliphatic heterocycles. The predicted molar refractivity (Wildman–Crippen MR) is 177 cm³/mol. The van der Waals surface area contributed by atoms with E-state index in [2.05, 4.69) is 0 Å². The van der Waals surface area contributed by atoms with Crippen LogP contribution in [-0.4, -0.2) is 149 Å². The first kappa shape index (κ1) is 44.0. The van der Waals surface area contributed by atoms with Crippen LogP contribution in [0.2, 0.25) is 0 Å². The molecule has 0 radical (unpaired) electrons. The van der Waals surface area contributed by atoms with Gasteiger partial charge in [-0.25, -0.2) is 0 Å². The van der Waals surface area contributed by atoms with Crippen LogP contribution in [-0.2, 0) is 42.9 Å².